The molecule has 1 saturated heterocycles. The summed E-state index contributed by atoms with van der Waals surface area (Å²) >= 11 is 5.31. The van der Waals surface area contributed by atoms with E-state index in [1.54, 1.807) is 5.38 Å². The van der Waals surface area contributed by atoms with Crippen LogP contribution in [0.1, 0.15) is 14.7 Å². The summed E-state index contributed by atoms with van der Waals surface area (Å²) in [7, 11) is -17.8. The molecule has 1 aromatic heterocycles. The summed E-state index contributed by atoms with van der Waals surface area (Å²) in [6.45, 7) is -2.40. The van der Waals surface area contributed by atoms with Crippen LogP contribution in [0.3, 0.4) is 0 Å². The molecule has 33 heavy (non-hydrogen) atoms. The molecule has 2 rings (SSSR count). The van der Waals surface area contributed by atoms with Crippen molar-refractivity contribution in [1.29, 1.82) is 0 Å². The van der Waals surface area contributed by atoms with Crippen molar-refractivity contribution >= 4 is 40.9 Å². The second-order valence-electron chi connectivity index (χ2n) is 6.17. The topological polar surface area (TPSA) is 270 Å². The Morgan fingerprint density at radius 3 is 2.45 bits per heavy atom. The lowest BCUT2D eigenvalue weighted by atomic mass is 9.95. The molecule has 1 fully saturated rings. The van der Waals surface area contributed by atoms with E-state index < -0.39 is 59.8 Å². The highest BCUT2D eigenvalue weighted by Crippen LogP contribution is 2.66. The number of aliphatic hydroxyl groups excluding tert-OH is 1. The zero-order valence-electron chi connectivity index (χ0n) is 18.0. The maximum Gasteiger partial charge on any atom is 0.490 e. The van der Waals surface area contributed by atoms with Gasteiger partial charge in [-0.25, -0.2) is 18.5 Å². The molecule has 0 saturated carbocycles. The molecule has 3 unspecified atom stereocenters. The zero-order valence-corrected chi connectivity index (χ0v) is 19.4. The van der Waals surface area contributed by atoms with Gasteiger partial charge in [-0.3, -0.25) is 9.09 Å². The predicted octanol–water partition coefficient (Wildman–Crippen LogP) is -1.33. The van der Waals surface area contributed by atoms with Crippen molar-refractivity contribution in [2.75, 3.05) is 12.3 Å². The fourth-order valence-corrected chi connectivity index (χ4v) is 5.61. The molecule has 0 spiro atoms. The predicted molar refractivity (Wildman–Crippen MR) is 106 cm³/mol. The first kappa shape index (κ1) is 24.9. The molecule has 17 nitrogen and oxygen atoms in total. The summed E-state index contributed by atoms with van der Waals surface area (Å²) in [5.74, 6) is 1.68. The summed E-state index contributed by atoms with van der Waals surface area (Å²) in [4.78, 5) is 51.7. The fourth-order valence-electron chi connectivity index (χ4n) is 2.59. The number of nitrogen functional groups attached to an aromatic ring is 1. The molecule has 1 aromatic rings. The Kier molecular flexibility index (Phi) is 7.42. The van der Waals surface area contributed by atoms with Crippen molar-refractivity contribution in [3.63, 3.8) is 0 Å². The number of anilines is 1. The number of ether oxygens (including phenoxy) is 1. The van der Waals surface area contributed by atoms with Crippen LogP contribution in [0.4, 0.5) is 5.82 Å². The molecular formula is C12H17ClN3O14P3. The first-order valence-electron chi connectivity index (χ1n) is 9.03. The molecular weight excluding hydrogens is 539 g/mol. The van der Waals surface area contributed by atoms with Crippen molar-refractivity contribution < 1.29 is 64.1 Å². The standard InChI is InChI=1S/C12H17ClN3O14P3/c1-6-4-8(14)15-11(18)16(6)10-12(19,2-3-13)9(17)7(28-10)5-27-32(23,24)30-33(25,26)29-31(20,21)22/h4,7,9-10,17,19H,5H2,1H3,(H,23,24)(H,25,26)(H2,14,15,18)(H2,20,21,22)/t7-,9+,10-,12?/m1/s1/i5D2. The number of aryl methyl sites for hydroxylation is 1. The average Bonchev–Trinajstić information content (AvgIpc) is 2.83. The third kappa shape index (κ3) is 6.92. The number of phosphoric acid groups is 3. The molecule has 2 heterocycles. The van der Waals surface area contributed by atoms with Gasteiger partial charge in [-0.1, -0.05) is 0 Å². The van der Waals surface area contributed by atoms with Gasteiger partial charge in [-0.15, -0.1) is 0 Å². The number of rotatable bonds is 8. The van der Waals surface area contributed by atoms with Crippen molar-refractivity contribution in [2.45, 2.75) is 31.0 Å². The number of nitrogens with zero attached hydrogens (tertiary/aromatic N) is 2. The van der Waals surface area contributed by atoms with Gasteiger partial charge in [0, 0.05) is 11.1 Å². The van der Waals surface area contributed by atoms with E-state index in [1.807, 2.05) is 5.92 Å². The molecule has 186 valence electrons. The Balaban J connectivity index is 2.45. The monoisotopic (exact) mass is 557 g/mol. The third-order valence-electron chi connectivity index (χ3n) is 3.74. The van der Waals surface area contributed by atoms with Gasteiger partial charge in [0.1, 0.15) is 18.0 Å². The quantitative estimate of drug-likeness (QED) is 0.144. The summed E-state index contributed by atoms with van der Waals surface area (Å²) in [5.41, 5.74) is 1.41. The van der Waals surface area contributed by atoms with Gasteiger partial charge in [-0.2, -0.15) is 13.6 Å². The third-order valence-corrected chi connectivity index (χ3v) is 7.50. The largest absolute Gasteiger partial charge is 0.490 e. The van der Waals surface area contributed by atoms with E-state index in [2.05, 4.69) is 18.1 Å². The molecule has 8 N–H and O–H groups in total. The fraction of sp³-hybridized carbons (Fsp3) is 0.500. The van der Waals surface area contributed by atoms with E-state index in [4.69, 9.17) is 34.6 Å². The summed E-state index contributed by atoms with van der Waals surface area (Å²) < 4.78 is 66.8. The second kappa shape index (κ2) is 9.82. The van der Waals surface area contributed by atoms with E-state index in [0.717, 1.165) is 6.07 Å². The lowest BCUT2D eigenvalue weighted by molar-refractivity contribution is -0.0770. The maximum atomic E-state index is 12.4. The van der Waals surface area contributed by atoms with E-state index in [-0.39, 0.29) is 11.5 Å². The highest BCUT2D eigenvalue weighted by atomic mass is 35.5. The van der Waals surface area contributed by atoms with E-state index in [1.165, 1.54) is 6.92 Å². The first-order valence-corrected chi connectivity index (χ1v) is 12.9. The minimum atomic E-state index is -6.06. The molecule has 1 aliphatic heterocycles. The number of hydrogen-bond acceptors (Lipinski definition) is 12. The van der Waals surface area contributed by atoms with Crippen molar-refractivity contribution in [3.8, 4) is 11.3 Å². The van der Waals surface area contributed by atoms with E-state index >= 15 is 0 Å². The number of halogens is 1. The highest BCUT2D eigenvalue weighted by Gasteiger charge is 2.57. The molecule has 0 amide bonds. The van der Waals surface area contributed by atoms with Gasteiger partial charge in [0.2, 0.25) is 5.60 Å². The number of nitrogens with two attached hydrogens (primary N) is 1. The molecule has 21 heteroatoms. The Morgan fingerprint density at radius 1 is 1.33 bits per heavy atom. The Bertz CT molecular complexity index is 1260. The van der Waals surface area contributed by atoms with Gasteiger partial charge in [-0.05, 0) is 30.5 Å². The molecule has 6 atom stereocenters. The van der Waals surface area contributed by atoms with E-state index in [0.29, 0.717) is 4.57 Å². The molecule has 0 bridgehead atoms. The van der Waals surface area contributed by atoms with Crippen LogP contribution >= 0.6 is 35.1 Å². The van der Waals surface area contributed by atoms with Crippen LogP contribution in [-0.2, 0) is 31.6 Å². The molecule has 0 aromatic carbocycles. The van der Waals surface area contributed by atoms with Gasteiger partial charge < -0.3 is 40.3 Å². The minimum absolute atomic E-state index is 0.0244. The lowest BCUT2D eigenvalue weighted by Gasteiger charge is -2.27. The van der Waals surface area contributed by atoms with Crippen LogP contribution < -0.4 is 11.4 Å². The van der Waals surface area contributed by atoms with Gasteiger partial charge >= 0.3 is 29.2 Å². The van der Waals surface area contributed by atoms with Crippen LogP contribution in [0.25, 0.3) is 0 Å². The zero-order chi connectivity index (χ0) is 27.2. The van der Waals surface area contributed by atoms with Gasteiger partial charge in [0.15, 0.2) is 6.23 Å². The maximum absolute atomic E-state index is 12.4. The second-order valence-corrected chi connectivity index (χ2v) is 10.7. The Morgan fingerprint density at radius 2 is 1.94 bits per heavy atom. The van der Waals surface area contributed by atoms with Crippen LogP contribution in [0.5, 0.6) is 0 Å². The van der Waals surface area contributed by atoms with Gasteiger partial charge in [0.05, 0.1) is 9.30 Å². The van der Waals surface area contributed by atoms with Crippen molar-refractivity contribution in [1.82, 2.24) is 9.55 Å². The first-order chi connectivity index (χ1) is 15.6. The normalized spacial score (nSPS) is 30.4. The van der Waals surface area contributed by atoms with Crippen molar-refractivity contribution in [2.24, 2.45) is 0 Å². The summed E-state index contributed by atoms with van der Waals surface area (Å²) in [5, 5.41) is 23.2. The summed E-state index contributed by atoms with van der Waals surface area (Å²) in [6.07, 6.45) is -7.03. The number of aromatic nitrogens is 2. The van der Waals surface area contributed by atoms with Crippen LogP contribution in [0, 0.1) is 18.2 Å². The van der Waals surface area contributed by atoms with Crippen LogP contribution in [0.15, 0.2) is 10.9 Å². The number of hydrogen-bond donors (Lipinski definition) is 7. The SMILES string of the molecule is [2H]C([2H])(OP(=O)(O)OP(=O)(O)OP(=O)(O)O)[C@H]1O[C@@H](n2c(C)cc(N)nc2=O)C(O)(C#CCl)[C@H]1O. The average molecular weight is 558 g/mol. The minimum Gasteiger partial charge on any atom is -0.386 e. The molecule has 0 aliphatic carbocycles. The Hall–Kier alpha value is -1.18. The van der Waals surface area contributed by atoms with Crippen LogP contribution in [-0.4, -0.2) is 63.7 Å². The highest BCUT2D eigenvalue weighted by molar-refractivity contribution is 7.66. The number of aliphatic hydroxyl groups is 2. The number of phosphoric ester groups is 1. The van der Waals surface area contributed by atoms with E-state index in [9.17, 15) is 38.5 Å². The summed E-state index contributed by atoms with van der Waals surface area (Å²) in [6, 6.07) is 1.14. The molecule has 1 aliphatic rings. The smallest absolute Gasteiger partial charge is 0.386 e. The molecule has 0 radical (unpaired) electrons. The van der Waals surface area contributed by atoms with Gasteiger partial charge in [0.25, 0.3) is 0 Å². The van der Waals surface area contributed by atoms with Crippen molar-refractivity contribution in [3.05, 3.63) is 22.2 Å². The lowest BCUT2D eigenvalue weighted by Crippen LogP contribution is -2.48. The Labute approximate surface area is 191 Å². The van der Waals surface area contributed by atoms with Crippen LogP contribution in [0.2, 0.25) is 0 Å².